The SMILES string of the molecule is CC(C)=Cc1cc(C(=O)NC(Cc2ccccc2)C(O)CNCc2cccc(C(F)(F)F)c2)cc(N(c2ccccc2)S(C)(=O)=O)c1. The molecule has 0 aliphatic rings. The number of carbonyl (C=O) groups is 1. The van der Waals surface area contributed by atoms with Crippen molar-refractivity contribution in [2.75, 3.05) is 17.1 Å². The van der Waals surface area contributed by atoms with Crippen molar-refractivity contribution >= 4 is 33.4 Å². The number of rotatable bonds is 13. The first-order chi connectivity index (χ1) is 22.2. The number of halogens is 3. The average molecular weight is 666 g/mol. The van der Waals surface area contributed by atoms with Crippen molar-refractivity contribution in [2.24, 2.45) is 0 Å². The molecule has 4 aromatic carbocycles. The van der Waals surface area contributed by atoms with Gasteiger partial charge in [0.2, 0.25) is 10.0 Å². The van der Waals surface area contributed by atoms with Crippen LogP contribution in [0.15, 0.2) is 109 Å². The number of nitrogens with one attached hydrogen (secondary N) is 2. The lowest BCUT2D eigenvalue weighted by Crippen LogP contribution is -2.48. The van der Waals surface area contributed by atoms with Crippen LogP contribution in [0.3, 0.4) is 0 Å². The number of aliphatic hydroxyl groups excluding tert-OH is 1. The number of amides is 1. The maximum atomic E-state index is 13.8. The molecule has 248 valence electrons. The minimum atomic E-state index is -4.47. The molecule has 0 heterocycles. The Morgan fingerprint density at radius 1 is 0.872 bits per heavy atom. The molecule has 0 aliphatic carbocycles. The van der Waals surface area contributed by atoms with Gasteiger partial charge in [-0.2, -0.15) is 13.2 Å². The standard InChI is InChI=1S/C36H38F3N3O4S/c1-25(2)17-28-18-29(22-32(20-28)42(47(3,45)46)31-15-8-5-9-16-31)35(44)41-33(21-26-11-6-4-7-12-26)34(43)24-40-23-27-13-10-14-30(19-27)36(37,38)39/h4-20,22,33-34,40,43H,21,23-24H2,1-3H3,(H,41,44). The van der Waals surface area contributed by atoms with E-state index in [0.29, 0.717) is 16.8 Å². The first-order valence-electron chi connectivity index (χ1n) is 15.0. The molecule has 2 atom stereocenters. The van der Waals surface area contributed by atoms with Gasteiger partial charge in [-0.25, -0.2) is 12.7 Å². The van der Waals surface area contributed by atoms with E-state index in [0.717, 1.165) is 29.5 Å². The van der Waals surface area contributed by atoms with E-state index in [1.165, 1.54) is 16.4 Å². The monoisotopic (exact) mass is 665 g/mol. The molecule has 1 amide bonds. The number of hydrogen-bond acceptors (Lipinski definition) is 5. The molecule has 47 heavy (non-hydrogen) atoms. The zero-order valence-corrected chi connectivity index (χ0v) is 27.1. The highest BCUT2D eigenvalue weighted by Crippen LogP contribution is 2.31. The fourth-order valence-corrected chi connectivity index (χ4v) is 6.16. The van der Waals surface area contributed by atoms with Gasteiger partial charge >= 0.3 is 6.18 Å². The molecule has 0 radical (unpaired) electrons. The molecule has 7 nitrogen and oxygen atoms in total. The molecule has 0 fully saturated rings. The van der Waals surface area contributed by atoms with Crippen molar-refractivity contribution in [3.05, 3.63) is 137 Å². The molecular formula is C36H38F3N3O4S. The molecule has 4 rings (SSSR count). The second-order valence-electron chi connectivity index (χ2n) is 11.6. The third-order valence-corrected chi connectivity index (χ3v) is 8.32. The third-order valence-electron chi connectivity index (χ3n) is 7.23. The Balaban J connectivity index is 1.62. The van der Waals surface area contributed by atoms with E-state index in [-0.39, 0.29) is 30.8 Å². The van der Waals surface area contributed by atoms with Gasteiger partial charge < -0.3 is 15.7 Å². The van der Waals surface area contributed by atoms with Crippen LogP contribution >= 0.6 is 0 Å². The summed E-state index contributed by atoms with van der Waals surface area (Å²) in [6.45, 7) is 3.82. The van der Waals surface area contributed by atoms with Gasteiger partial charge in [0.15, 0.2) is 0 Å². The van der Waals surface area contributed by atoms with Gasteiger partial charge in [0.05, 0.1) is 35.3 Å². The van der Waals surface area contributed by atoms with E-state index in [2.05, 4.69) is 10.6 Å². The number of sulfonamides is 1. The highest BCUT2D eigenvalue weighted by Gasteiger charge is 2.30. The number of para-hydroxylation sites is 1. The lowest BCUT2D eigenvalue weighted by Gasteiger charge is -2.26. The number of anilines is 2. The van der Waals surface area contributed by atoms with Crippen LogP contribution in [0.2, 0.25) is 0 Å². The molecule has 0 bridgehead atoms. The van der Waals surface area contributed by atoms with Gasteiger partial charge in [0, 0.05) is 18.7 Å². The van der Waals surface area contributed by atoms with Crippen molar-refractivity contribution in [2.45, 2.75) is 45.1 Å². The summed E-state index contributed by atoms with van der Waals surface area (Å²) in [5.41, 5.74) is 2.88. The second-order valence-corrected chi connectivity index (χ2v) is 13.4. The van der Waals surface area contributed by atoms with Crippen LogP contribution in [0.5, 0.6) is 0 Å². The first kappa shape index (κ1) is 35.4. The summed E-state index contributed by atoms with van der Waals surface area (Å²) in [6.07, 6.45) is -2.41. The first-order valence-corrected chi connectivity index (χ1v) is 16.8. The molecule has 0 saturated heterocycles. The van der Waals surface area contributed by atoms with Gasteiger partial charge in [-0.05, 0) is 73.4 Å². The van der Waals surface area contributed by atoms with Crippen LogP contribution in [0, 0.1) is 0 Å². The normalized spacial score (nSPS) is 13.0. The maximum Gasteiger partial charge on any atom is 0.416 e. The lowest BCUT2D eigenvalue weighted by atomic mass is 9.99. The Bertz CT molecular complexity index is 1790. The minimum Gasteiger partial charge on any atom is -0.390 e. The summed E-state index contributed by atoms with van der Waals surface area (Å²) in [4.78, 5) is 13.8. The van der Waals surface area contributed by atoms with Crippen molar-refractivity contribution in [3.63, 3.8) is 0 Å². The molecule has 0 aliphatic heterocycles. The average Bonchev–Trinajstić information content (AvgIpc) is 3.00. The van der Waals surface area contributed by atoms with E-state index in [9.17, 15) is 31.5 Å². The van der Waals surface area contributed by atoms with Crippen LogP contribution in [-0.2, 0) is 29.2 Å². The highest BCUT2D eigenvalue weighted by atomic mass is 32.2. The van der Waals surface area contributed by atoms with Crippen LogP contribution < -0.4 is 14.9 Å². The van der Waals surface area contributed by atoms with Gasteiger partial charge in [-0.3, -0.25) is 4.79 Å². The largest absolute Gasteiger partial charge is 0.416 e. The molecule has 0 saturated carbocycles. The lowest BCUT2D eigenvalue weighted by molar-refractivity contribution is -0.137. The number of aliphatic hydroxyl groups is 1. The quantitative estimate of drug-likeness (QED) is 0.147. The predicted molar refractivity (Wildman–Crippen MR) is 180 cm³/mol. The molecule has 11 heteroatoms. The maximum absolute atomic E-state index is 13.8. The topological polar surface area (TPSA) is 98.7 Å². The van der Waals surface area contributed by atoms with E-state index >= 15 is 0 Å². The number of hydrogen-bond donors (Lipinski definition) is 3. The molecule has 2 unspecified atom stereocenters. The van der Waals surface area contributed by atoms with Crippen LogP contribution in [0.4, 0.5) is 24.5 Å². The van der Waals surface area contributed by atoms with Gasteiger partial charge in [0.1, 0.15) is 0 Å². The van der Waals surface area contributed by atoms with Crippen molar-refractivity contribution < 1.29 is 31.5 Å². The number of benzene rings is 4. The molecular weight excluding hydrogens is 627 g/mol. The van der Waals surface area contributed by atoms with Gasteiger partial charge in [0.25, 0.3) is 5.91 Å². The predicted octanol–water partition coefficient (Wildman–Crippen LogP) is 6.72. The Labute approximate surface area is 273 Å². The highest BCUT2D eigenvalue weighted by molar-refractivity contribution is 7.92. The molecule has 3 N–H and O–H groups in total. The smallest absolute Gasteiger partial charge is 0.390 e. The van der Waals surface area contributed by atoms with Crippen molar-refractivity contribution in [1.82, 2.24) is 10.6 Å². The van der Waals surface area contributed by atoms with E-state index in [1.807, 2.05) is 50.3 Å². The van der Waals surface area contributed by atoms with Crippen molar-refractivity contribution in [1.29, 1.82) is 0 Å². The fraction of sp³-hybridized carbons (Fsp3) is 0.250. The van der Waals surface area contributed by atoms with E-state index in [4.69, 9.17) is 0 Å². The fourth-order valence-electron chi connectivity index (χ4n) is 5.16. The number of nitrogens with zero attached hydrogens (tertiary/aromatic N) is 1. The molecule has 0 spiro atoms. The van der Waals surface area contributed by atoms with Crippen molar-refractivity contribution in [3.8, 4) is 0 Å². The van der Waals surface area contributed by atoms with Gasteiger partial charge in [-0.15, -0.1) is 0 Å². The van der Waals surface area contributed by atoms with Crippen LogP contribution in [-0.4, -0.2) is 44.4 Å². The summed E-state index contributed by atoms with van der Waals surface area (Å²) in [5, 5.41) is 17.2. The van der Waals surface area contributed by atoms with Crippen LogP contribution in [0.1, 0.15) is 46.5 Å². The summed E-state index contributed by atoms with van der Waals surface area (Å²) < 4.78 is 66.6. The summed E-state index contributed by atoms with van der Waals surface area (Å²) in [7, 11) is -3.81. The Kier molecular flexibility index (Phi) is 11.6. The summed E-state index contributed by atoms with van der Waals surface area (Å²) in [6, 6.07) is 26.7. The van der Waals surface area contributed by atoms with Crippen LogP contribution in [0.25, 0.3) is 6.08 Å². The third kappa shape index (κ3) is 10.3. The van der Waals surface area contributed by atoms with E-state index < -0.39 is 39.8 Å². The minimum absolute atomic E-state index is 0.0209. The Hall–Kier alpha value is -4.45. The van der Waals surface area contributed by atoms with E-state index in [1.54, 1.807) is 48.5 Å². The Morgan fingerprint density at radius 3 is 2.13 bits per heavy atom. The Morgan fingerprint density at radius 2 is 1.51 bits per heavy atom. The zero-order chi connectivity index (χ0) is 34.2. The number of allylic oxidation sites excluding steroid dienone is 1. The zero-order valence-electron chi connectivity index (χ0n) is 26.3. The summed E-state index contributed by atoms with van der Waals surface area (Å²) in [5.74, 6) is -0.533. The second kappa shape index (κ2) is 15.4. The molecule has 0 aromatic heterocycles. The number of carbonyl (C=O) groups excluding carboxylic acids is 1. The molecule has 4 aromatic rings. The van der Waals surface area contributed by atoms with Gasteiger partial charge in [-0.1, -0.05) is 78.4 Å². The number of alkyl halides is 3. The summed E-state index contributed by atoms with van der Waals surface area (Å²) >= 11 is 0.